The summed E-state index contributed by atoms with van der Waals surface area (Å²) in [5.41, 5.74) is 3.96. The fraction of sp³-hybridized carbons (Fsp3) is 0.698. The number of allylic oxidation sites excluding steroid dienone is 3. The predicted octanol–water partition coefficient (Wildman–Crippen LogP) is 6.84. The number of cyclic esters (lactones) is 1. The highest BCUT2D eigenvalue weighted by molar-refractivity contribution is 6.39. The van der Waals surface area contributed by atoms with Gasteiger partial charge < -0.3 is 48.5 Å². The number of carbonyl (C=O) groups excluding carboxylic acids is 4. The van der Waals surface area contributed by atoms with Gasteiger partial charge in [-0.15, -0.1) is 0 Å². The van der Waals surface area contributed by atoms with Gasteiger partial charge in [0.15, 0.2) is 0 Å². The third kappa shape index (κ3) is 11.8. The number of piperidine rings is 1. The molecule has 14 heteroatoms. The largest absolute Gasteiger partial charge is 0.456 e. The van der Waals surface area contributed by atoms with E-state index in [1.165, 1.54) is 17.6 Å². The number of aromatic nitrogens is 1. The maximum absolute atomic E-state index is 14.6. The maximum Gasteiger partial charge on any atom is 0.329 e. The average Bonchev–Trinajstić information content (AvgIpc) is 3.72. The molecule has 2 saturated heterocycles. The minimum Gasteiger partial charge on any atom is -0.456 e. The van der Waals surface area contributed by atoms with Gasteiger partial charge in [0.25, 0.3) is 11.7 Å². The van der Waals surface area contributed by atoms with E-state index in [1.807, 2.05) is 37.6 Å². The van der Waals surface area contributed by atoms with Crippen molar-refractivity contribution in [2.75, 3.05) is 34.5 Å². The van der Waals surface area contributed by atoms with E-state index in [2.05, 4.69) is 37.3 Å². The summed E-state index contributed by atoms with van der Waals surface area (Å²) in [5, 5.41) is 34.7. The van der Waals surface area contributed by atoms with Crippen LogP contribution in [0.2, 0.25) is 0 Å². The van der Waals surface area contributed by atoms with Gasteiger partial charge in [0.05, 0.1) is 31.0 Å². The van der Waals surface area contributed by atoms with Crippen LogP contribution in [0, 0.1) is 29.6 Å². The van der Waals surface area contributed by atoms with Gasteiger partial charge in [-0.3, -0.25) is 14.4 Å². The van der Waals surface area contributed by atoms with E-state index in [9.17, 15) is 34.5 Å². The van der Waals surface area contributed by atoms with Crippen molar-refractivity contribution in [2.45, 2.75) is 173 Å². The molecule has 1 saturated carbocycles. The zero-order valence-electron chi connectivity index (χ0n) is 41.4. The molecule has 14 atom stereocenters. The van der Waals surface area contributed by atoms with Crippen LogP contribution in [0.1, 0.15) is 124 Å². The Bertz CT molecular complexity index is 2100. The number of aliphatic hydroxyl groups excluding tert-OH is 2. The lowest BCUT2D eigenvalue weighted by Gasteiger charge is -2.47. The monoisotopic (exact) mass is 935 g/mol. The molecule has 3 fully saturated rings. The molecule has 4 heterocycles. The van der Waals surface area contributed by atoms with Crippen LogP contribution in [-0.4, -0.2) is 131 Å². The molecule has 372 valence electrons. The Balaban J connectivity index is 1.31. The summed E-state index contributed by atoms with van der Waals surface area (Å²) in [6.07, 6.45) is 7.25. The molecule has 6 rings (SSSR count). The minimum absolute atomic E-state index is 0.0297. The van der Waals surface area contributed by atoms with E-state index < -0.39 is 77.8 Å². The van der Waals surface area contributed by atoms with Gasteiger partial charge in [0.2, 0.25) is 5.79 Å². The van der Waals surface area contributed by atoms with Crippen LogP contribution in [0.4, 0.5) is 0 Å². The van der Waals surface area contributed by atoms with Crippen LogP contribution in [-0.2, 0) is 49.4 Å². The molecular weight excluding hydrogens is 857 g/mol. The van der Waals surface area contributed by atoms with Crippen molar-refractivity contribution < 1.29 is 58.2 Å². The van der Waals surface area contributed by atoms with Crippen LogP contribution in [0.25, 0.3) is 10.9 Å². The number of ketones is 2. The van der Waals surface area contributed by atoms with Gasteiger partial charge >= 0.3 is 5.97 Å². The Hall–Kier alpha value is -3.76. The molecule has 3 aliphatic heterocycles. The zero-order valence-corrected chi connectivity index (χ0v) is 41.4. The first kappa shape index (κ1) is 52.6. The summed E-state index contributed by atoms with van der Waals surface area (Å²) < 4.78 is 32.7. The van der Waals surface area contributed by atoms with E-state index in [1.54, 1.807) is 28.1 Å². The number of hydrogen-bond donors (Lipinski definition) is 3. The fourth-order valence-electron chi connectivity index (χ4n) is 11.5. The van der Waals surface area contributed by atoms with Crippen molar-refractivity contribution in [3.05, 3.63) is 59.3 Å². The standard InChI is InChI=1S/C53H78N2O12/c1-10-37-24-31(2)23-32(3)25-46(64-8)49-47(65-9)27-34(5)53(62,67-49)50(59)51(60)55-19-12-11-13-42(55)52(61)66-48(35(6)43(57)30-44(37)58)33(4)26-36-14-16-40(45(28-36)63-7)38-15-17-41-39(29-38)18-20-54(41)21-22-56/h15,17-18,20,24,26,29,32,34-37,40,42-43,45-49,56-57,62H,10-14,16,19,21-23,25,27-28,30H2,1-9H3/b31-24+,33-26+/t32-,34+,35+,36-,37+,40-,42-,43-,45+,46?,47-,48+,49+,53+/m0/s1. The third-order valence-corrected chi connectivity index (χ3v) is 15.5. The van der Waals surface area contributed by atoms with Gasteiger partial charge in [-0.1, -0.05) is 51.5 Å². The maximum atomic E-state index is 14.6. The summed E-state index contributed by atoms with van der Waals surface area (Å²) >= 11 is 0. The molecule has 3 N–H and O–H groups in total. The van der Waals surface area contributed by atoms with E-state index in [-0.39, 0.29) is 62.1 Å². The molecule has 1 aromatic carbocycles. The Labute approximate surface area is 397 Å². The van der Waals surface area contributed by atoms with Crippen molar-refractivity contribution in [2.24, 2.45) is 29.6 Å². The number of carbonyl (C=O) groups is 4. The number of nitrogens with zero attached hydrogens (tertiary/aromatic N) is 2. The fourth-order valence-corrected chi connectivity index (χ4v) is 11.5. The second-order valence-electron chi connectivity index (χ2n) is 20.2. The lowest BCUT2D eigenvalue weighted by molar-refractivity contribution is -0.302. The first-order chi connectivity index (χ1) is 32.0. The highest BCUT2D eigenvalue weighted by Gasteiger charge is 2.56. The number of methoxy groups -OCH3 is 3. The van der Waals surface area contributed by atoms with E-state index in [0.29, 0.717) is 50.6 Å². The first-order valence-electron chi connectivity index (χ1n) is 24.8. The number of rotatable bonds is 9. The van der Waals surface area contributed by atoms with Crippen molar-refractivity contribution in [1.82, 2.24) is 9.47 Å². The Morgan fingerprint density at radius 1 is 0.925 bits per heavy atom. The smallest absolute Gasteiger partial charge is 0.329 e. The lowest BCUT2D eigenvalue weighted by atomic mass is 9.75. The van der Waals surface area contributed by atoms with Gasteiger partial charge in [-0.05, 0) is 125 Å². The molecular formula is C53H78N2O12. The SMILES string of the molecule is CC[C@@H]1/C=C(\C)C[C@H](C)CC(OC)[C@H]2O[C@@](O)(C(=O)C(=O)N3CCCC[C@H]3C(=O)O[C@H](/C(C)=C/[C@@H]3CC[C@@H](c4ccc5c(ccn5CCO)c4)[C@H](OC)C3)[C@H](C)[C@@H](O)CC1=O)[C@H](C)C[C@@H]2OC. The molecule has 1 aliphatic carbocycles. The summed E-state index contributed by atoms with van der Waals surface area (Å²) in [6, 6.07) is 7.38. The van der Waals surface area contributed by atoms with Gasteiger partial charge in [-0.2, -0.15) is 0 Å². The van der Waals surface area contributed by atoms with Crippen molar-refractivity contribution in [1.29, 1.82) is 0 Å². The molecule has 0 spiro atoms. The number of ether oxygens (including phenoxy) is 5. The second-order valence-corrected chi connectivity index (χ2v) is 20.2. The summed E-state index contributed by atoms with van der Waals surface area (Å²) in [4.78, 5) is 58.6. The van der Waals surface area contributed by atoms with E-state index in [0.717, 1.165) is 29.3 Å². The van der Waals surface area contributed by atoms with Crippen molar-refractivity contribution in [3.8, 4) is 0 Å². The summed E-state index contributed by atoms with van der Waals surface area (Å²) in [7, 11) is 4.81. The molecule has 14 nitrogen and oxygen atoms in total. The number of amides is 1. The molecule has 2 bridgehead atoms. The predicted molar refractivity (Wildman–Crippen MR) is 254 cm³/mol. The Morgan fingerprint density at radius 2 is 1.64 bits per heavy atom. The highest BCUT2D eigenvalue weighted by atomic mass is 16.7. The lowest BCUT2D eigenvalue weighted by Crippen LogP contribution is -2.64. The second kappa shape index (κ2) is 23.2. The molecule has 2 aromatic rings. The number of benzene rings is 1. The van der Waals surface area contributed by atoms with Crippen LogP contribution in [0.3, 0.4) is 0 Å². The summed E-state index contributed by atoms with van der Waals surface area (Å²) in [6.45, 7) is 12.0. The highest BCUT2D eigenvalue weighted by Crippen LogP contribution is 2.42. The molecule has 67 heavy (non-hydrogen) atoms. The number of esters is 1. The van der Waals surface area contributed by atoms with Gasteiger partial charge in [0.1, 0.15) is 24.0 Å². The number of hydrogen-bond acceptors (Lipinski definition) is 12. The van der Waals surface area contributed by atoms with Crippen LogP contribution < -0.4 is 0 Å². The van der Waals surface area contributed by atoms with Crippen LogP contribution in [0.5, 0.6) is 0 Å². The molecule has 1 unspecified atom stereocenters. The summed E-state index contributed by atoms with van der Waals surface area (Å²) in [5.74, 6) is -7.29. The zero-order chi connectivity index (χ0) is 48.7. The van der Waals surface area contributed by atoms with Crippen molar-refractivity contribution in [3.63, 3.8) is 0 Å². The topological polar surface area (TPSA) is 183 Å². The quantitative estimate of drug-likeness (QED) is 0.135. The average molecular weight is 935 g/mol. The van der Waals surface area contributed by atoms with Gasteiger partial charge in [-0.25, -0.2) is 4.79 Å². The van der Waals surface area contributed by atoms with Crippen molar-refractivity contribution >= 4 is 34.3 Å². The number of Topliss-reactive ketones (excluding diaryl/α,β-unsaturated/α-hetero) is 2. The molecule has 1 amide bonds. The van der Waals surface area contributed by atoms with Gasteiger partial charge in [0, 0.05) is 76.2 Å². The third-order valence-electron chi connectivity index (χ3n) is 15.5. The minimum atomic E-state index is -2.51. The van der Waals surface area contributed by atoms with E-state index in [4.69, 9.17) is 23.7 Å². The normalized spacial score (nSPS) is 36.8. The molecule has 1 aromatic heterocycles. The number of aliphatic hydroxyl groups is 3. The molecule has 4 aliphatic rings. The van der Waals surface area contributed by atoms with E-state index >= 15 is 0 Å². The van der Waals surface area contributed by atoms with Crippen LogP contribution >= 0.6 is 0 Å². The molecule has 0 radical (unpaired) electrons. The first-order valence-corrected chi connectivity index (χ1v) is 24.8. The van der Waals surface area contributed by atoms with Crippen LogP contribution in [0.15, 0.2) is 53.8 Å². The Morgan fingerprint density at radius 3 is 2.33 bits per heavy atom. The Kier molecular flexibility index (Phi) is 18.2. The number of fused-ring (bicyclic) bond motifs is 4.